The van der Waals surface area contributed by atoms with Gasteiger partial charge in [-0.15, -0.1) is 10.2 Å². The van der Waals surface area contributed by atoms with E-state index < -0.39 is 12.7 Å². The molecule has 0 radical (unpaired) electrons. The molecule has 2 heterocycles. The Kier molecular flexibility index (Phi) is 5.40. The van der Waals surface area contributed by atoms with Crippen molar-refractivity contribution in [3.05, 3.63) is 17.8 Å². The van der Waals surface area contributed by atoms with Crippen molar-refractivity contribution in [2.75, 3.05) is 44.7 Å². The molecular weight excluding hydrogens is 311 g/mol. The minimum atomic E-state index is -4.19. The monoisotopic (exact) mass is 331 g/mol. The van der Waals surface area contributed by atoms with Crippen LogP contribution in [-0.2, 0) is 0 Å². The Balaban J connectivity index is 2.04. The lowest BCUT2D eigenvalue weighted by Gasteiger charge is -2.23. The molecule has 1 N–H and O–H groups in total. The molecule has 0 aromatic carbocycles. The molecule has 0 aliphatic carbocycles. The van der Waals surface area contributed by atoms with E-state index in [9.17, 15) is 18.0 Å². The number of carbonyl (C=O) groups excluding carboxylic acids is 1. The van der Waals surface area contributed by atoms with E-state index in [0.717, 1.165) is 0 Å². The van der Waals surface area contributed by atoms with Crippen molar-refractivity contribution in [1.29, 1.82) is 0 Å². The van der Waals surface area contributed by atoms with E-state index in [0.29, 0.717) is 32.0 Å². The van der Waals surface area contributed by atoms with Crippen molar-refractivity contribution in [2.45, 2.75) is 13.1 Å². The van der Waals surface area contributed by atoms with Crippen LogP contribution in [0.15, 0.2) is 12.1 Å². The number of halogens is 3. The quantitative estimate of drug-likeness (QED) is 0.900. The van der Waals surface area contributed by atoms with Gasteiger partial charge in [-0.05, 0) is 18.1 Å². The summed E-state index contributed by atoms with van der Waals surface area (Å²) in [5.74, 6) is 0.309. The summed E-state index contributed by atoms with van der Waals surface area (Å²) in [6, 6.07) is 3.23. The third-order valence-corrected chi connectivity index (χ3v) is 3.63. The van der Waals surface area contributed by atoms with Crippen LogP contribution >= 0.6 is 0 Å². The molecule has 1 fully saturated rings. The van der Waals surface area contributed by atoms with E-state index >= 15 is 0 Å². The van der Waals surface area contributed by atoms with Crippen LogP contribution in [0.1, 0.15) is 17.4 Å². The second kappa shape index (κ2) is 7.12. The van der Waals surface area contributed by atoms with Crippen LogP contribution in [0.4, 0.5) is 19.0 Å². The molecule has 1 aromatic rings. The summed E-state index contributed by atoms with van der Waals surface area (Å²) in [7, 11) is 1.50. The van der Waals surface area contributed by atoms with Gasteiger partial charge >= 0.3 is 6.18 Å². The van der Waals surface area contributed by atoms with Gasteiger partial charge in [-0.2, -0.15) is 13.2 Å². The zero-order valence-electron chi connectivity index (χ0n) is 13.1. The van der Waals surface area contributed by atoms with Gasteiger partial charge in [0.1, 0.15) is 0 Å². The molecule has 128 valence electrons. The number of rotatable bonds is 3. The maximum atomic E-state index is 12.6. The Labute approximate surface area is 132 Å². The standard InChI is InChI=1S/C14H20F3N5O/c1-10-7-21(9-14(15,16)17)5-6-22(8-10)12-4-3-11(19-20-12)13(23)18-2/h3-4,10H,5-9H2,1-2H3,(H,18,23). The number of anilines is 1. The molecular formula is C14H20F3N5O. The maximum Gasteiger partial charge on any atom is 0.401 e. The summed E-state index contributed by atoms with van der Waals surface area (Å²) < 4.78 is 37.7. The summed E-state index contributed by atoms with van der Waals surface area (Å²) >= 11 is 0. The molecule has 0 bridgehead atoms. The number of nitrogens with one attached hydrogen (secondary N) is 1. The van der Waals surface area contributed by atoms with Gasteiger partial charge in [0.2, 0.25) is 0 Å². The molecule has 2 rings (SSSR count). The Morgan fingerprint density at radius 1 is 1.30 bits per heavy atom. The van der Waals surface area contributed by atoms with Crippen LogP contribution in [-0.4, -0.2) is 67.0 Å². The highest BCUT2D eigenvalue weighted by atomic mass is 19.4. The molecule has 0 spiro atoms. The Bertz CT molecular complexity index is 534. The number of aromatic nitrogens is 2. The van der Waals surface area contributed by atoms with Crippen LogP contribution in [0.25, 0.3) is 0 Å². The van der Waals surface area contributed by atoms with Crippen LogP contribution in [0.3, 0.4) is 0 Å². The normalized spacial score (nSPS) is 20.2. The van der Waals surface area contributed by atoms with Crippen molar-refractivity contribution in [3.63, 3.8) is 0 Å². The van der Waals surface area contributed by atoms with Gasteiger partial charge in [0, 0.05) is 33.2 Å². The molecule has 1 aromatic heterocycles. The van der Waals surface area contributed by atoms with E-state index in [1.54, 1.807) is 12.1 Å². The SMILES string of the molecule is CNC(=O)c1ccc(N2CCN(CC(F)(F)F)CC(C)C2)nn1. The maximum absolute atomic E-state index is 12.6. The molecule has 6 nitrogen and oxygen atoms in total. The van der Waals surface area contributed by atoms with Gasteiger partial charge < -0.3 is 10.2 Å². The fraction of sp³-hybridized carbons (Fsp3) is 0.643. The fourth-order valence-electron chi connectivity index (χ4n) is 2.67. The first-order valence-corrected chi connectivity index (χ1v) is 7.38. The zero-order valence-corrected chi connectivity index (χ0v) is 13.1. The largest absolute Gasteiger partial charge is 0.401 e. The summed E-state index contributed by atoms with van der Waals surface area (Å²) in [4.78, 5) is 14.8. The average molecular weight is 331 g/mol. The minimum absolute atomic E-state index is 0.0697. The summed E-state index contributed by atoms with van der Waals surface area (Å²) in [5.41, 5.74) is 0.206. The first kappa shape index (κ1) is 17.5. The molecule has 1 saturated heterocycles. The average Bonchev–Trinajstić information content (AvgIpc) is 2.66. The van der Waals surface area contributed by atoms with E-state index in [1.807, 2.05) is 11.8 Å². The van der Waals surface area contributed by atoms with Gasteiger partial charge in [0.05, 0.1) is 6.54 Å². The lowest BCUT2D eigenvalue weighted by atomic mass is 10.1. The van der Waals surface area contributed by atoms with Crippen LogP contribution in [0, 0.1) is 5.92 Å². The van der Waals surface area contributed by atoms with Gasteiger partial charge in [0.15, 0.2) is 11.5 Å². The highest BCUT2D eigenvalue weighted by molar-refractivity contribution is 5.91. The molecule has 1 aliphatic heterocycles. The minimum Gasteiger partial charge on any atom is -0.354 e. The van der Waals surface area contributed by atoms with Crippen LogP contribution in [0.5, 0.6) is 0 Å². The molecule has 9 heteroatoms. The molecule has 1 amide bonds. The lowest BCUT2D eigenvalue weighted by molar-refractivity contribution is -0.146. The van der Waals surface area contributed by atoms with Crippen LogP contribution < -0.4 is 10.2 Å². The fourth-order valence-corrected chi connectivity index (χ4v) is 2.67. The first-order valence-electron chi connectivity index (χ1n) is 7.38. The highest BCUT2D eigenvalue weighted by Gasteiger charge is 2.32. The van der Waals surface area contributed by atoms with E-state index in [2.05, 4.69) is 15.5 Å². The highest BCUT2D eigenvalue weighted by Crippen LogP contribution is 2.21. The van der Waals surface area contributed by atoms with Crippen molar-refractivity contribution in [1.82, 2.24) is 20.4 Å². The predicted molar refractivity (Wildman–Crippen MR) is 79.3 cm³/mol. The van der Waals surface area contributed by atoms with Crippen molar-refractivity contribution >= 4 is 11.7 Å². The number of hydrogen-bond donors (Lipinski definition) is 1. The Morgan fingerprint density at radius 2 is 2.04 bits per heavy atom. The molecule has 23 heavy (non-hydrogen) atoms. The first-order chi connectivity index (χ1) is 10.8. The summed E-state index contributed by atoms with van der Waals surface area (Å²) in [6.07, 6.45) is -4.19. The number of alkyl halides is 3. The van der Waals surface area contributed by atoms with Crippen molar-refractivity contribution < 1.29 is 18.0 Å². The topological polar surface area (TPSA) is 61.4 Å². The molecule has 1 unspecified atom stereocenters. The third kappa shape index (κ3) is 5.05. The predicted octanol–water partition coefficient (Wildman–Crippen LogP) is 1.16. The van der Waals surface area contributed by atoms with E-state index in [1.165, 1.54) is 11.9 Å². The van der Waals surface area contributed by atoms with Crippen molar-refractivity contribution in [2.24, 2.45) is 5.92 Å². The molecule has 1 atom stereocenters. The number of nitrogens with zero attached hydrogens (tertiary/aromatic N) is 4. The number of carbonyl (C=O) groups is 1. The summed E-state index contributed by atoms with van der Waals surface area (Å²) in [5, 5.41) is 10.3. The van der Waals surface area contributed by atoms with Gasteiger partial charge in [-0.3, -0.25) is 9.69 Å². The van der Waals surface area contributed by atoms with Crippen molar-refractivity contribution in [3.8, 4) is 0 Å². The third-order valence-electron chi connectivity index (χ3n) is 3.63. The van der Waals surface area contributed by atoms with E-state index in [-0.39, 0.29) is 17.5 Å². The number of amides is 1. The summed E-state index contributed by atoms with van der Waals surface area (Å²) in [6.45, 7) is 2.75. The Morgan fingerprint density at radius 3 is 2.61 bits per heavy atom. The molecule has 1 aliphatic rings. The van der Waals surface area contributed by atoms with Gasteiger partial charge in [-0.1, -0.05) is 6.92 Å². The number of hydrogen-bond acceptors (Lipinski definition) is 5. The van der Waals surface area contributed by atoms with Gasteiger partial charge in [-0.25, -0.2) is 0 Å². The van der Waals surface area contributed by atoms with E-state index in [4.69, 9.17) is 0 Å². The second-order valence-electron chi connectivity index (χ2n) is 5.76. The Hall–Kier alpha value is -1.90. The smallest absolute Gasteiger partial charge is 0.354 e. The van der Waals surface area contributed by atoms with Gasteiger partial charge in [0.25, 0.3) is 5.91 Å². The molecule has 0 saturated carbocycles. The second-order valence-corrected chi connectivity index (χ2v) is 5.76. The zero-order chi connectivity index (χ0) is 17.0. The lowest BCUT2D eigenvalue weighted by Crippen LogP contribution is -2.38. The van der Waals surface area contributed by atoms with Crippen LogP contribution in [0.2, 0.25) is 0 Å².